The molecule has 0 unspecified atom stereocenters. The Morgan fingerprint density at radius 2 is 1.77 bits per heavy atom. The lowest BCUT2D eigenvalue weighted by Crippen LogP contribution is -2.46. The molecule has 1 aliphatic heterocycles. The van der Waals surface area contributed by atoms with Gasteiger partial charge in [0.05, 0.1) is 0 Å². The van der Waals surface area contributed by atoms with Gasteiger partial charge in [-0.2, -0.15) is 0 Å². The lowest BCUT2D eigenvalue weighted by Gasteiger charge is -2.48. The van der Waals surface area contributed by atoms with E-state index in [1.54, 1.807) is 0 Å². The molecule has 1 aromatic carbocycles. The molecule has 3 rings (SSSR count). The van der Waals surface area contributed by atoms with Crippen molar-refractivity contribution in [3.8, 4) is 11.5 Å². The highest BCUT2D eigenvalue weighted by Crippen LogP contribution is 2.55. The van der Waals surface area contributed by atoms with E-state index < -0.39 is 8.32 Å². The summed E-state index contributed by atoms with van der Waals surface area (Å²) in [6.07, 6.45) is 9.57. The summed E-state index contributed by atoms with van der Waals surface area (Å²) in [5.74, 6) is 3.29. The Labute approximate surface area is 186 Å². The molecule has 168 valence electrons. The van der Waals surface area contributed by atoms with E-state index in [1.165, 1.54) is 54.1 Å². The summed E-state index contributed by atoms with van der Waals surface area (Å²) >= 11 is 0. The highest BCUT2D eigenvalue weighted by atomic mass is 28.4. The van der Waals surface area contributed by atoms with E-state index in [0.717, 1.165) is 30.8 Å². The van der Waals surface area contributed by atoms with Gasteiger partial charge in [-0.3, -0.25) is 0 Å². The number of unbranched alkanes of at least 4 members (excludes halogenated alkanes) is 2. The zero-order chi connectivity index (χ0) is 21.9. The molecule has 3 heteroatoms. The third kappa shape index (κ3) is 4.66. The average molecular weight is 429 g/mol. The van der Waals surface area contributed by atoms with Crippen molar-refractivity contribution in [3.05, 3.63) is 34.9 Å². The Morgan fingerprint density at radius 1 is 1.07 bits per heavy atom. The molecule has 1 aliphatic carbocycles. The number of fused-ring (bicyclic) bond motifs is 3. The predicted molar refractivity (Wildman–Crippen MR) is 131 cm³/mol. The SMILES string of the molecule is CCCCCc1cc2c(c(O[Si](CC)(CC)CC)c1)[C@@H]1CC(C)=CC[C@H]1C(C)(C)O2. The van der Waals surface area contributed by atoms with E-state index in [0.29, 0.717) is 11.8 Å². The summed E-state index contributed by atoms with van der Waals surface area (Å²) in [5, 5.41) is 0. The minimum atomic E-state index is -1.76. The number of ether oxygens (including phenoxy) is 1. The normalized spacial score (nSPS) is 22.6. The maximum atomic E-state index is 7.09. The van der Waals surface area contributed by atoms with Gasteiger partial charge in [0.25, 0.3) is 0 Å². The van der Waals surface area contributed by atoms with Crippen LogP contribution in [0.15, 0.2) is 23.8 Å². The average Bonchev–Trinajstić information content (AvgIpc) is 2.71. The standard InChI is InChI=1S/C27H44O2Si/c1-8-12-13-14-21-18-24-26(25(19-21)29-30(9-2,10-3)11-4)22-17-20(5)15-16-23(22)27(6,7)28-24/h15,18-19,22-23H,8-14,16-17H2,1-7H3/t22-,23-/m1/s1. The number of hydrogen-bond acceptors (Lipinski definition) is 2. The van der Waals surface area contributed by atoms with Crippen molar-refractivity contribution < 1.29 is 9.16 Å². The molecule has 2 atom stereocenters. The van der Waals surface area contributed by atoms with Crippen LogP contribution in [0.4, 0.5) is 0 Å². The van der Waals surface area contributed by atoms with Crippen LogP contribution in [0.2, 0.25) is 18.1 Å². The fourth-order valence-corrected chi connectivity index (χ4v) is 8.18. The molecule has 0 radical (unpaired) electrons. The molecule has 1 heterocycles. The fraction of sp³-hybridized carbons (Fsp3) is 0.704. The maximum absolute atomic E-state index is 7.09. The van der Waals surface area contributed by atoms with Crippen molar-refractivity contribution in [1.29, 1.82) is 0 Å². The van der Waals surface area contributed by atoms with Gasteiger partial charge in [0.2, 0.25) is 8.32 Å². The molecule has 0 bridgehead atoms. The summed E-state index contributed by atoms with van der Waals surface area (Å²) in [5.41, 5.74) is 4.14. The first kappa shape index (κ1) is 23.4. The second kappa shape index (κ2) is 9.50. The van der Waals surface area contributed by atoms with E-state index in [-0.39, 0.29) is 5.60 Å². The zero-order valence-corrected chi connectivity index (χ0v) is 21.6. The van der Waals surface area contributed by atoms with Crippen molar-refractivity contribution in [2.75, 3.05) is 0 Å². The highest BCUT2D eigenvalue weighted by molar-refractivity contribution is 6.74. The van der Waals surface area contributed by atoms with Crippen LogP contribution in [-0.2, 0) is 6.42 Å². The topological polar surface area (TPSA) is 18.5 Å². The molecule has 0 spiro atoms. The molecule has 0 fully saturated rings. The number of rotatable bonds is 9. The fourth-order valence-electron chi connectivity index (χ4n) is 5.61. The first-order valence-electron chi connectivity index (χ1n) is 12.5. The van der Waals surface area contributed by atoms with Gasteiger partial charge in [-0.1, -0.05) is 52.2 Å². The summed E-state index contributed by atoms with van der Waals surface area (Å²) in [4.78, 5) is 0. The summed E-state index contributed by atoms with van der Waals surface area (Å²) in [7, 11) is -1.76. The molecule has 2 aliphatic rings. The number of aryl methyl sites for hydroxylation is 1. The Kier molecular flexibility index (Phi) is 7.43. The van der Waals surface area contributed by atoms with E-state index in [2.05, 4.69) is 66.7 Å². The van der Waals surface area contributed by atoms with Crippen molar-refractivity contribution >= 4 is 8.32 Å². The molecule has 30 heavy (non-hydrogen) atoms. The van der Waals surface area contributed by atoms with Crippen LogP contribution in [0.25, 0.3) is 0 Å². The largest absolute Gasteiger partial charge is 0.543 e. The smallest absolute Gasteiger partial charge is 0.250 e. The molecule has 0 saturated carbocycles. The second-order valence-electron chi connectivity index (χ2n) is 10.2. The molecule has 0 N–H and O–H groups in total. The van der Waals surface area contributed by atoms with Gasteiger partial charge in [0.1, 0.15) is 17.1 Å². The molecular formula is C27H44O2Si. The number of benzene rings is 1. The van der Waals surface area contributed by atoms with Gasteiger partial charge in [0.15, 0.2) is 0 Å². The number of allylic oxidation sites excluding steroid dienone is 2. The lowest BCUT2D eigenvalue weighted by molar-refractivity contribution is 0.00781. The molecule has 2 nitrogen and oxygen atoms in total. The van der Waals surface area contributed by atoms with Gasteiger partial charge in [0, 0.05) is 17.4 Å². The molecule has 1 aromatic rings. The predicted octanol–water partition coefficient (Wildman–Crippen LogP) is 8.41. The Bertz CT molecular complexity index is 752. The van der Waals surface area contributed by atoms with Crippen molar-refractivity contribution in [2.45, 2.75) is 117 Å². The van der Waals surface area contributed by atoms with Gasteiger partial charge >= 0.3 is 0 Å². The maximum Gasteiger partial charge on any atom is 0.250 e. The van der Waals surface area contributed by atoms with Gasteiger partial charge in [-0.15, -0.1) is 0 Å². The monoisotopic (exact) mass is 428 g/mol. The Morgan fingerprint density at radius 3 is 2.40 bits per heavy atom. The van der Waals surface area contributed by atoms with Crippen LogP contribution in [0.5, 0.6) is 11.5 Å². The molecular weight excluding hydrogens is 384 g/mol. The van der Waals surface area contributed by atoms with Crippen LogP contribution in [0, 0.1) is 5.92 Å². The van der Waals surface area contributed by atoms with Crippen LogP contribution in [-0.4, -0.2) is 13.9 Å². The molecule has 0 aromatic heterocycles. The Hall–Kier alpha value is -1.22. The lowest BCUT2D eigenvalue weighted by atomic mass is 9.67. The Balaban J connectivity index is 2.10. The third-order valence-corrected chi connectivity index (χ3v) is 12.4. The summed E-state index contributed by atoms with van der Waals surface area (Å²) in [6.45, 7) is 16.1. The van der Waals surface area contributed by atoms with E-state index in [4.69, 9.17) is 9.16 Å². The second-order valence-corrected chi connectivity index (χ2v) is 14.9. The van der Waals surface area contributed by atoms with Gasteiger partial charge in [-0.05, 0) is 82.3 Å². The van der Waals surface area contributed by atoms with Crippen LogP contribution in [0.1, 0.15) is 97.6 Å². The summed E-state index contributed by atoms with van der Waals surface area (Å²) < 4.78 is 13.8. The first-order chi connectivity index (χ1) is 14.3. The van der Waals surface area contributed by atoms with Gasteiger partial charge < -0.3 is 9.16 Å². The zero-order valence-electron chi connectivity index (χ0n) is 20.6. The van der Waals surface area contributed by atoms with Crippen LogP contribution < -0.4 is 9.16 Å². The van der Waals surface area contributed by atoms with E-state index >= 15 is 0 Å². The van der Waals surface area contributed by atoms with Crippen molar-refractivity contribution in [2.24, 2.45) is 5.92 Å². The van der Waals surface area contributed by atoms with Crippen molar-refractivity contribution in [1.82, 2.24) is 0 Å². The van der Waals surface area contributed by atoms with Crippen LogP contribution in [0.3, 0.4) is 0 Å². The summed E-state index contributed by atoms with van der Waals surface area (Å²) in [6, 6.07) is 8.26. The quantitative estimate of drug-likeness (QED) is 0.223. The number of hydrogen-bond donors (Lipinski definition) is 0. The third-order valence-electron chi connectivity index (χ3n) is 7.88. The van der Waals surface area contributed by atoms with E-state index in [9.17, 15) is 0 Å². The minimum absolute atomic E-state index is 0.136. The van der Waals surface area contributed by atoms with E-state index in [1.807, 2.05) is 0 Å². The highest BCUT2D eigenvalue weighted by Gasteiger charge is 2.46. The first-order valence-corrected chi connectivity index (χ1v) is 15.0. The molecule has 0 saturated heterocycles. The van der Waals surface area contributed by atoms with Crippen molar-refractivity contribution in [3.63, 3.8) is 0 Å². The van der Waals surface area contributed by atoms with Crippen LogP contribution >= 0.6 is 0 Å². The van der Waals surface area contributed by atoms with Gasteiger partial charge in [-0.25, -0.2) is 0 Å². The minimum Gasteiger partial charge on any atom is -0.543 e. The molecule has 0 amide bonds.